The largest absolute Gasteiger partial charge is 0.379 e. The number of hydrogen-bond donors (Lipinski definition) is 0. The van der Waals surface area contributed by atoms with Crippen LogP contribution in [0, 0.1) is 28.1 Å². The lowest BCUT2D eigenvalue weighted by atomic mass is 9.81. The molecule has 1 saturated heterocycles. The highest BCUT2D eigenvalue weighted by molar-refractivity contribution is 6.05. The van der Waals surface area contributed by atoms with Crippen LogP contribution in [-0.2, 0) is 101 Å². The summed E-state index contributed by atoms with van der Waals surface area (Å²) in [5.41, 5.74) is 30.9. The number of Topliss-reactive ketones (excluding diaryl/α,β-unsaturated/α-hetero) is 2. The average molecular weight is 875 g/mol. The van der Waals surface area contributed by atoms with E-state index in [1.165, 1.54) is 155 Å². The minimum absolute atomic E-state index is 0.214. The number of carbonyl (C=O) groups is 2. The summed E-state index contributed by atoms with van der Waals surface area (Å²) in [5, 5.41) is 0. The summed E-state index contributed by atoms with van der Waals surface area (Å²) < 4.78 is 5.15. The fraction of sp³-hybridized carbons (Fsp3) is 0.645. The molecule has 348 valence electrons. The molecule has 3 aromatic rings. The lowest BCUT2D eigenvalue weighted by Gasteiger charge is -2.23. The summed E-state index contributed by atoms with van der Waals surface area (Å²) in [6.07, 6.45) is 31.6. The maximum absolute atomic E-state index is 12.7. The second-order valence-corrected chi connectivity index (χ2v) is 25.4. The van der Waals surface area contributed by atoms with Crippen molar-refractivity contribution in [2.45, 2.75) is 223 Å². The van der Waals surface area contributed by atoms with Crippen LogP contribution >= 0.6 is 0 Å². The second kappa shape index (κ2) is 17.0. The van der Waals surface area contributed by atoms with Crippen LogP contribution in [0.5, 0.6) is 0 Å². The Hall–Kier alpha value is -3.30. The van der Waals surface area contributed by atoms with Crippen LogP contribution in [0.2, 0.25) is 0 Å². The van der Waals surface area contributed by atoms with E-state index in [1.54, 1.807) is 72.3 Å². The lowest BCUT2D eigenvalue weighted by molar-refractivity contribution is 0.0938. The smallest absolute Gasteiger partial charge is 0.166 e. The predicted molar refractivity (Wildman–Crippen MR) is 269 cm³/mol. The molecule has 10 aliphatic rings. The summed E-state index contributed by atoms with van der Waals surface area (Å²) in [6, 6.07) is 0. The van der Waals surface area contributed by atoms with Crippen LogP contribution in [0.4, 0.5) is 0 Å². The first-order chi connectivity index (χ1) is 30.9. The van der Waals surface area contributed by atoms with Crippen molar-refractivity contribution in [1.29, 1.82) is 0 Å². The van der Waals surface area contributed by atoms with Gasteiger partial charge in [0.1, 0.15) is 0 Å². The van der Waals surface area contributed by atoms with Gasteiger partial charge in [0.15, 0.2) is 11.6 Å². The van der Waals surface area contributed by atoms with Crippen LogP contribution in [0.1, 0.15) is 230 Å². The monoisotopic (exact) mass is 875 g/mol. The van der Waals surface area contributed by atoms with E-state index < -0.39 is 0 Å². The molecule has 0 amide bonds. The molecule has 1 aliphatic heterocycles. The summed E-state index contributed by atoms with van der Waals surface area (Å²) in [5.74, 6) is 1.30. The zero-order chi connectivity index (χ0) is 45.7. The van der Waals surface area contributed by atoms with Crippen molar-refractivity contribution in [3.8, 4) is 0 Å². The summed E-state index contributed by atoms with van der Waals surface area (Å²) >= 11 is 0. The number of rotatable bonds is 0. The third-order valence-electron chi connectivity index (χ3n) is 17.9. The number of carbonyl (C=O) groups excluding carboxylic acids is 2. The molecule has 3 nitrogen and oxygen atoms in total. The zero-order valence-electron chi connectivity index (χ0n) is 42.5. The molecule has 3 heteroatoms. The number of ether oxygens (including phenoxy) is 1. The van der Waals surface area contributed by atoms with Crippen LogP contribution in [0.25, 0.3) is 6.08 Å². The quantitative estimate of drug-likeness (QED) is 0.226. The van der Waals surface area contributed by atoms with Gasteiger partial charge in [-0.15, -0.1) is 0 Å². The van der Waals surface area contributed by atoms with Crippen LogP contribution in [0.3, 0.4) is 0 Å². The third-order valence-corrected chi connectivity index (χ3v) is 17.9. The van der Waals surface area contributed by atoms with Crippen LogP contribution < -0.4 is 0 Å². The van der Waals surface area contributed by atoms with Gasteiger partial charge in [-0.1, -0.05) is 67.0 Å². The lowest BCUT2D eigenvalue weighted by Crippen LogP contribution is -2.14. The van der Waals surface area contributed by atoms with Crippen molar-refractivity contribution in [2.75, 3.05) is 6.61 Å². The molecule has 65 heavy (non-hydrogen) atoms. The van der Waals surface area contributed by atoms with Gasteiger partial charge in [0.05, 0.1) is 6.10 Å². The van der Waals surface area contributed by atoms with Gasteiger partial charge in [-0.2, -0.15) is 0 Å². The highest BCUT2D eigenvalue weighted by atomic mass is 16.5. The normalized spacial score (nSPS) is 26.1. The van der Waals surface area contributed by atoms with Crippen molar-refractivity contribution in [3.63, 3.8) is 0 Å². The summed E-state index contributed by atoms with van der Waals surface area (Å²) in [4.78, 5) is 25.3. The van der Waals surface area contributed by atoms with Gasteiger partial charge in [0.2, 0.25) is 0 Å². The highest BCUT2D eigenvalue weighted by Gasteiger charge is 2.43. The molecular weight excluding hydrogens is 793 g/mol. The molecule has 0 aromatic heterocycles. The molecule has 13 rings (SSSR count). The van der Waals surface area contributed by atoms with Gasteiger partial charge in [0.25, 0.3) is 0 Å². The van der Waals surface area contributed by atoms with E-state index in [9.17, 15) is 9.59 Å². The fourth-order valence-corrected chi connectivity index (χ4v) is 15.0. The maximum atomic E-state index is 12.7. The van der Waals surface area contributed by atoms with E-state index in [1.807, 2.05) is 0 Å². The van der Waals surface area contributed by atoms with E-state index in [-0.39, 0.29) is 11.8 Å². The molecule has 3 atom stereocenters. The average Bonchev–Trinajstić information content (AvgIpc) is 4.15. The van der Waals surface area contributed by atoms with Crippen molar-refractivity contribution < 1.29 is 14.3 Å². The Bertz CT molecular complexity index is 2490. The summed E-state index contributed by atoms with van der Waals surface area (Å²) in [6.45, 7) is 24.0. The molecule has 0 bridgehead atoms. The third kappa shape index (κ3) is 8.30. The Kier molecular flexibility index (Phi) is 11.9. The van der Waals surface area contributed by atoms with E-state index in [0.717, 1.165) is 32.3 Å². The van der Waals surface area contributed by atoms with E-state index >= 15 is 0 Å². The summed E-state index contributed by atoms with van der Waals surface area (Å²) in [7, 11) is 0. The van der Waals surface area contributed by atoms with E-state index in [4.69, 9.17) is 4.74 Å². The molecule has 3 aromatic carbocycles. The Morgan fingerprint density at radius 2 is 0.815 bits per heavy atom. The zero-order valence-corrected chi connectivity index (χ0v) is 42.5. The SMILES string of the molecule is CC1=Cc2c3c(c4c(c2C1)CC(C)(C)C4)CCCC3.CC1CCCO1.CC1Cc2c3c(c4c(c2C1=O)CC(C)(C)C4)CCCC3.CC1Cc2c3c(c4c(c2C1=O)CCCC4)CC(C)(C)C3. The Labute approximate surface area is 393 Å². The first-order valence-corrected chi connectivity index (χ1v) is 26.8. The van der Waals surface area contributed by atoms with Crippen LogP contribution in [0.15, 0.2) is 5.57 Å². The van der Waals surface area contributed by atoms with Gasteiger partial charge in [-0.3, -0.25) is 9.59 Å². The molecule has 1 fully saturated rings. The van der Waals surface area contributed by atoms with Gasteiger partial charge < -0.3 is 4.74 Å². The molecule has 1 heterocycles. The molecule has 0 N–H and O–H groups in total. The van der Waals surface area contributed by atoms with Crippen molar-refractivity contribution in [3.05, 3.63) is 106 Å². The molecular formula is C62H82O3. The molecule has 0 saturated carbocycles. The minimum atomic E-state index is 0.214. The predicted octanol–water partition coefficient (Wildman–Crippen LogP) is 14.0. The Balaban J connectivity index is 0.000000108. The van der Waals surface area contributed by atoms with Gasteiger partial charge in [-0.05, 0) is 267 Å². The molecule has 9 aliphatic carbocycles. The van der Waals surface area contributed by atoms with Crippen molar-refractivity contribution in [1.82, 2.24) is 0 Å². The number of benzene rings is 3. The number of hydrogen-bond acceptors (Lipinski definition) is 3. The Morgan fingerprint density at radius 3 is 1.29 bits per heavy atom. The topological polar surface area (TPSA) is 43.4 Å². The first-order valence-electron chi connectivity index (χ1n) is 26.8. The molecule has 0 radical (unpaired) electrons. The number of fused-ring (bicyclic) bond motifs is 18. The standard InChI is InChI=1S/2C19H24O.C19H24.C5H10O/c1-11-8-14-16-10-19(2,3)9-15(16)12-6-4-5-7-13(12)17(14)18(11)20;1-11-8-14-12-6-4-5-7-13(12)15-9-19(2,3)10-16(15)17(14)18(11)20;1-12-8-15-13-6-4-5-7-14(13)17-10-19(2,3)11-18(17)16(15)9-12;1-5-3-2-4-6-5/h2*11H,4-10H2,1-3H3;8H,4-7,9-11H2,1-3H3;5H,2-4H2,1H3. The fourth-order valence-electron chi connectivity index (χ4n) is 15.0. The number of allylic oxidation sites excluding steroid dienone is 1. The first kappa shape index (κ1) is 45.5. The maximum Gasteiger partial charge on any atom is 0.166 e. The van der Waals surface area contributed by atoms with Crippen LogP contribution in [-0.4, -0.2) is 24.3 Å². The van der Waals surface area contributed by atoms with Gasteiger partial charge in [0, 0.05) is 29.6 Å². The van der Waals surface area contributed by atoms with Gasteiger partial charge in [-0.25, -0.2) is 0 Å². The van der Waals surface area contributed by atoms with Gasteiger partial charge >= 0.3 is 0 Å². The second-order valence-electron chi connectivity index (χ2n) is 25.4. The van der Waals surface area contributed by atoms with E-state index in [2.05, 4.69) is 75.3 Å². The van der Waals surface area contributed by atoms with E-state index in [0.29, 0.717) is 33.9 Å². The highest BCUT2D eigenvalue weighted by Crippen LogP contribution is 2.50. The molecule has 0 spiro atoms. The minimum Gasteiger partial charge on any atom is -0.379 e. The van der Waals surface area contributed by atoms with Crippen molar-refractivity contribution in [2.24, 2.45) is 28.1 Å². The number of ketones is 2. The molecule has 3 unspecified atom stereocenters. The van der Waals surface area contributed by atoms with Crippen molar-refractivity contribution >= 4 is 17.6 Å². The Morgan fingerprint density at radius 1 is 0.446 bits per heavy atom.